The van der Waals surface area contributed by atoms with Crippen molar-refractivity contribution in [1.29, 1.82) is 0 Å². The Bertz CT molecular complexity index is 583. The fourth-order valence-corrected chi connectivity index (χ4v) is 4.92. The van der Waals surface area contributed by atoms with Crippen molar-refractivity contribution in [2.75, 3.05) is 13.7 Å². The maximum Gasteiger partial charge on any atom is 0.472 e. The van der Waals surface area contributed by atoms with Crippen molar-refractivity contribution < 1.29 is 37.2 Å². The Labute approximate surface area is 168 Å². The third-order valence-corrected chi connectivity index (χ3v) is 7.24. The fourth-order valence-electron chi connectivity index (χ4n) is 2.54. The Morgan fingerprint density at radius 3 is 1.78 bits per heavy atom. The molecule has 0 fully saturated rings. The minimum Gasteiger partial charge on any atom is -0.363 e. The van der Waals surface area contributed by atoms with Crippen molar-refractivity contribution in [1.82, 2.24) is 0 Å². The van der Waals surface area contributed by atoms with E-state index in [1.54, 1.807) is 27.7 Å². The minimum atomic E-state index is -4.16. The van der Waals surface area contributed by atoms with Gasteiger partial charge in [0.2, 0.25) is 0 Å². The third kappa shape index (κ3) is 10.8. The third-order valence-electron chi connectivity index (χ3n) is 3.66. The molecule has 0 aliphatic rings. The van der Waals surface area contributed by atoms with Gasteiger partial charge in [-0.1, -0.05) is 13.8 Å². The van der Waals surface area contributed by atoms with Crippen molar-refractivity contribution in [3.05, 3.63) is 0 Å². The van der Waals surface area contributed by atoms with E-state index in [1.165, 1.54) is 13.8 Å². The van der Waals surface area contributed by atoms with Gasteiger partial charge in [0.05, 0.1) is 17.8 Å². The lowest BCUT2D eigenvalue weighted by atomic mass is 9.96. The molecule has 0 aromatic carbocycles. The molecule has 0 radical (unpaired) electrons. The van der Waals surface area contributed by atoms with Crippen LogP contribution in [0.3, 0.4) is 0 Å². The highest BCUT2D eigenvalue weighted by atomic mass is 32.1. The summed E-state index contributed by atoms with van der Waals surface area (Å²) in [6, 6.07) is 0. The lowest BCUT2D eigenvalue weighted by Crippen LogP contribution is -2.36. The van der Waals surface area contributed by atoms with Crippen LogP contribution in [0.2, 0.25) is 0 Å². The van der Waals surface area contributed by atoms with Crippen LogP contribution >= 0.6 is 28.0 Å². The largest absolute Gasteiger partial charge is 0.472 e. The SMILES string of the molecule is COP(=O)(O)OC(C)(C)CCOC(C)(C)P(=O)(O)OC(C)(C)CC(C)(C)S. The van der Waals surface area contributed by atoms with E-state index in [4.69, 9.17) is 13.8 Å². The Balaban J connectivity index is 4.95. The maximum atomic E-state index is 12.8. The molecule has 27 heavy (non-hydrogen) atoms. The van der Waals surface area contributed by atoms with Crippen molar-refractivity contribution >= 4 is 28.0 Å². The highest BCUT2D eigenvalue weighted by molar-refractivity contribution is 7.81. The predicted octanol–water partition coefficient (Wildman–Crippen LogP) is 4.75. The number of hydrogen-bond donors (Lipinski definition) is 3. The summed E-state index contributed by atoms with van der Waals surface area (Å²) in [5, 5.41) is -1.48. The van der Waals surface area contributed by atoms with Crippen molar-refractivity contribution in [2.24, 2.45) is 0 Å². The Kier molecular flexibility index (Phi) is 9.34. The van der Waals surface area contributed by atoms with Crippen LogP contribution in [0.25, 0.3) is 0 Å². The molecule has 0 heterocycles. The van der Waals surface area contributed by atoms with E-state index < -0.39 is 32.0 Å². The number of thiol groups is 1. The summed E-state index contributed by atoms with van der Waals surface area (Å²) in [7, 11) is -7.23. The highest BCUT2D eigenvalue weighted by Crippen LogP contribution is 2.59. The van der Waals surface area contributed by atoms with E-state index in [1.807, 2.05) is 13.8 Å². The zero-order chi connectivity index (χ0) is 21.9. The lowest BCUT2D eigenvalue weighted by Gasteiger charge is -2.38. The summed E-state index contributed by atoms with van der Waals surface area (Å²) in [5.41, 5.74) is -1.92. The average Bonchev–Trinajstić information content (AvgIpc) is 2.31. The predicted molar refractivity (Wildman–Crippen MR) is 109 cm³/mol. The van der Waals surface area contributed by atoms with Crippen LogP contribution in [0.1, 0.15) is 68.2 Å². The molecule has 2 N–H and O–H groups in total. The molecule has 0 aliphatic carbocycles. The molecule has 8 nitrogen and oxygen atoms in total. The molecule has 11 heteroatoms. The van der Waals surface area contributed by atoms with Crippen LogP contribution in [0, 0.1) is 0 Å². The summed E-state index contributed by atoms with van der Waals surface area (Å²) in [6.07, 6.45) is 0.644. The lowest BCUT2D eigenvalue weighted by molar-refractivity contribution is -0.0308. The van der Waals surface area contributed by atoms with Gasteiger partial charge >= 0.3 is 15.4 Å². The van der Waals surface area contributed by atoms with Gasteiger partial charge in [-0.25, -0.2) is 4.57 Å². The molecular formula is C16H36O8P2S. The molecule has 0 bridgehead atoms. The van der Waals surface area contributed by atoms with Crippen LogP contribution in [0.5, 0.6) is 0 Å². The minimum absolute atomic E-state index is 0.0100. The molecule has 0 rings (SSSR count). The molecule has 0 amide bonds. The van der Waals surface area contributed by atoms with E-state index >= 15 is 0 Å². The summed E-state index contributed by atoms with van der Waals surface area (Å²) >= 11 is 4.45. The van der Waals surface area contributed by atoms with Crippen molar-refractivity contribution in [3.8, 4) is 0 Å². The second-order valence-electron chi connectivity index (χ2n) is 8.91. The Morgan fingerprint density at radius 1 is 0.889 bits per heavy atom. The van der Waals surface area contributed by atoms with Gasteiger partial charge in [-0.3, -0.25) is 13.6 Å². The second-order valence-corrected chi connectivity index (χ2v) is 13.9. The quantitative estimate of drug-likeness (QED) is 0.289. The summed E-state index contributed by atoms with van der Waals surface area (Å²) in [6.45, 7) is 13.4. The Hall–Kier alpha value is 0.570. The first-order valence-electron chi connectivity index (χ1n) is 8.63. The maximum absolute atomic E-state index is 12.8. The highest BCUT2D eigenvalue weighted by Gasteiger charge is 2.46. The number of phosphoric ester groups is 1. The number of phosphoric acid groups is 1. The van der Waals surface area contributed by atoms with Gasteiger partial charge in [0.15, 0.2) is 5.34 Å². The first kappa shape index (κ1) is 27.6. The van der Waals surface area contributed by atoms with Crippen molar-refractivity contribution in [3.63, 3.8) is 0 Å². The number of rotatable bonds is 12. The van der Waals surface area contributed by atoms with Crippen LogP contribution in [-0.2, 0) is 27.4 Å². The zero-order valence-corrected chi connectivity index (χ0v) is 20.5. The fraction of sp³-hybridized carbons (Fsp3) is 1.00. The summed E-state index contributed by atoms with van der Waals surface area (Å²) in [4.78, 5) is 19.9. The first-order chi connectivity index (χ1) is 11.6. The van der Waals surface area contributed by atoms with E-state index in [0.717, 1.165) is 7.11 Å². The number of hydrogen-bond acceptors (Lipinski definition) is 7. The molecule has 0 aromatic rings. The van der Waals surface area contributed by atoms with Gasteiger partial charge in [-0.05, 0) is 54.4 Å². The van der Waals surface area contributed by atoms with Gasteiger partial charge in [0, 0.05) is 11.9 Å². The topological polar surface area (TPSA) is 112 Å². The van der Waals surface area contributed by atoms with Gasteiger partial charge in [0.25, 0.3) is 0 Å². The molecule has 0 saturated carbocycles. The molecule has 164 valence electrons. The average molecular weight is 450 g/mol. The first-order valence-corrected chi connectivity index (χ1v) is 12.2. The monoisotopic (exact) mass is 450 g/mol. The van der Waals surface area contributed by atoms with Crippen LogP contribution < -0.4 is 0 Å². The molecule has 0 aliphatic heterocycles. The van der Waals surface area contributed by atoms with Gasteiger partial charge in [-0.15, -0.1) is 0 Å². The molecule has 2 atom stereocenters. The molecule has 0 saturated heterocycles. The Morgan fingerprint density at radius 2 is 1.37 bits per heavy atom. The van der Waals surface area contributed by atoms with E-state index in [-0.39, 0.29) is 17.8 Å². The van der Waals surface area contributed by atoms with Crippen LogP contribution in [-0.4, -0.2) is 44.8 Å². The summed E-state index contributed by atoms with van der Waals surface area (Å²) in [5.74, 6) is 0. The van der Waals surface area contributed by atoms with Crippen molar-refractivity contribution in [2.45, 2.75) is 89.5 Å². The van der Waals surface area contributed by atoms with Gasteiger partial charge in [-0.2, -0.15) is 12.6 Å². The summed E-state index contributed by atoms with van der Waals surface area (Å²) < 4.78 is 44.6. The molecule has 2 unspecified atom stereocenters. The smallest absolute Gasteiger partial charge is 0.363 e. The van der Waals surface area contributed by atoms with E-state index in [9.17, 15) is 18.9 Å². The molecule has 0 spiro atoms. The molecular weight excluding hydrogens is 414 g/mol. The number of ether oxygens (including phenoxy) is 1. The van der Waals surface area contributed by atoms with Gasteiger partial charge < -0.3 is 19.0 Å². The van der Waals surface area contributed by atoms with E-state index in [0.29, 0.717) is 6.42 Å². The zero-order valence-electron chi connectivity index (χ0n) is 17.8. The second kappa shape index (κ2) is 9.15. The van der Waals surface area contributed by atoms with Crippen LogP contribution in [0.15, 0.2) is 0 Å². The molecule has 0 aromatic heterocycles. The van der Waals surface area contributed by atoms with E-state index in [2.05, 4.69) is 17.2 Å². The van der Waals surface area contributed by atoms with Gasteiger partial charge in [0.1, 0.15) is 0 Å². The van der Waals surface area contributed by atoms with Crippen LogP contribution in [0.4, 0.5) is 0 Å². The standard InChI is InChI=1S/C16H36O8P2S/c1-13(2,24-26(19,20)21-9)10-11-22-16(7,8)25(17,18)23-14(3,4)12-15(5,6)27/h27H,10-12H2,1-9H3,(H,17,18)(H,19,20). The normalized spacial score (nSPS) is 18.8.